The topological polar surface area (TPSA) is 77.7 Å². The third-order valence-corrected chi connectivity index (χ3v) is 6.40. The summed E-state index contributed by atoms with van der Waals surface area (Å²) >= 11 is 1.15. The second-order valence-electron chi connectivity index (χ2n) is 5.96. The highest BCUT2D eigenvalue weighted by Gasteiger charge is 2.16. The summed E-state index contributed by atoms with van der Waals surface area (Å²) in [6.45, 7) is 4.03. The average molecular weight is 415 g/mol. The van der Waals surface area contributed by atoms with Crippen LogP contribution in [-0.4, -0.2) is 25.6 Å². The Balaban J connectivity index is 2.17. The highest BCUT2D eigenvalue weighted by atomic mass is 32.2. The lowest BCUT2D eigenvalue weighted by atomic mass is 10.2. The van der Waals surface area contributed by atoms with E-state index in [1.165, 1.54) is 12.1 Å². The minimum Gasteiger partial charge on any atom is -0.462 e. The molecule has 28 heavy (non-hydrogen) atoms. The predicted octanol–water partition coefficient (Wildman–Crippen LogP) is 3.11. The highest BCUT2D eigenvalue weighted by molar-refractivity contribution is 7.90. The van der Waals surface area contributed by atoms with Crippen molar-refractivity contribution in [1.82, 2.24) is 4.57 Å². The molecule has 0 atom stereocenters. The van der Waals surface area contributed by atoms with E-state index in [1.54, 1.807) is 41.8 Å². The molecule has 144 valence electrons. The Kier molecular flexibility index (Phi) is 5.68. The maximum absolute atomic E-state index is 12.7. The standard InChI is InChI=1S/C20H18N2O4S2/c1-4-12-22-17-11-8-15(19(23)26-5-2)13-18(17)27-20(22)21-28(24,25)16-9-6-14(3)7-10-16/h1,6-11,13H,5,12H2,2-3H3. The Hall–Kier alpha value is -2.89. The number of nitrogens with zero attached hydrogens (tertiary/aromatic N) is 2. The van der Waals surface area contributed by atoms with Crippen LogP contribution in [0.2, 0.25) is 0 Å². The number of aromatic nitrogens is 1. The largest absolute Gasteiger partial charge is 0.462 e. The molecule has 0 aliphatic heterocycles. The minimum atomic E-state index is -3.90. The van der Waals surface area contributed by atoms with E-state index in [0.29, 0.717) is 15.8 Å². The molecule has 3 aromatic rings. The van der Waals surface area contributed by atoms with Crippen LogP contribution in [0.3, 0.4) is 0 Å². The molecule has 0 fully saturated rings. The molecule has 6 nitrogen and oxygen atoms in total. The van der Waals surface area contributed by atoms with Crippen molar-refractivity contribution in [2.45, 2.75) is 25.3 Å². The molecular formula is C20H18N2O4S2. The van der Waals surface area contributed by atoms with Crippen molar-refractivity contribution in [3.05, 3.63) is 58.4 Å². The Morgan fingerprint density at radius 3 is 2.61 bits per heavy atom. The van der Waals surface area contributed by atoms with Gasteiger partial charge in [0, 0.05) is 0 Å². The Morgan fingerprint density at radius 1 is 1.25 bits per heavy atom. The second-order valence-corrected chi connectivity index (χ2v) is 8.57. The van der Waals surface area contributed by atoms with Gasteiger partial charge in [0.05, 0.1) is 33.8 Å². The molecular weight excluding hydrogens is 396 g/mol. The van der Waals surface area contributed by atoms with Gasteiger partial charge in [-0.15, -0.1) is 10.8 Å². The summed E-state index contributed by atoms with van der Waals surface area (Å²) in [6.07, 6.45) is 5.46. The number of fused-ring (bicyclic) bond motifs is 1. The molecule has 0 amide bonds. The number of hydrogen-bond acceptors (Lipinski definition) is 5. The third kappa shape index (κ3) is 4.01. The van der Waals surface area contributed by atoms with Crippen LogP contribution in [0.25, 0.3) is 10.2 Å². The van der Waals surface area contributed by atoms with Gasteiger partial charge in [0.1, 0.15) is 0 Å². The average Bonchev–Trinajstić information content (AvgIpc) is 2.98. The number of rotatable bonds is 5. The fraction of sp³-hybridized carbons (Fsp3) is 0.200. The lowest BCUT2D eigenvalue weighted by Gasteiger charge is -2.03. The Bertz CT molecular complexity index is 1240. The van der Waals surface area contributed by atoms with E-state index >= 15 is 0 Å². The van der Waals surface area contributed by atoms with Gasteiger partial charge in [0.15, 0.2) is 0 Å². The fourth-order valence-corrected chi connectivity index (χ4v) is 4.87. The van der Waals surface area contributed by atoms with Gasteiger partial charge in [-0.3, -0.25) is 0 Å². The Morgan fingerprint density at radius 2 is 1.96 bits per heavy atom. The SMILES string of the molecule is C#CCn1c(=NS(=O)(=O)c2ccc(C)cc2)sc2cc(C(=O)OCC)ccc21. The van der Waals surface area contributed by atoms with Crippen LogP contribution in [0.15, 0.2) is 51.8 Å². The number of thiazole rings is 1. The first kappa shape index (κ1) is 19.9. The number of carbonyl (C=O) groups excluding carboxylic acids is 1. The number of benzene rings is 2. The summed E-state index contributed by atoms with van der Waals surface area (Å²) in [4.78, 5) is 12.3. The van der Waals surface area contributed by atoms with Gasteiger partial charge in [-0.2, -0.15) is 8.42 Å². The number of terminal acetylenes is 1. The molecule has 0 N–H and O–H groups in total. The first-order valence-corrected chi connectivity index (χ1v) is 10.7. The van der Waals surface area contributed by atoms with Gasteiger partial charge in [-0.1, -0.05) is 35.0 Å². The molecule has 2 aromatic carbocycles. The molecule has 0 unspecified atom stereocenters. The van der Waals surface area contributed by atoms with E-state index < -0.39 is 16.0 Å². The second kappa shape index (κ2) is 8.00. The first-order chi connectivity index (χ1) is 13.4. The third-order valence-electron chi connectivity index (χ3n) is 3.96. The molecule has 0 aliphatic carbocycles. The Labute approximate surface area is 167 Å². The summed E-state index contributed by atoms with van der Waals surface area (Å²) in [6, 6.07) is 11.5. The van der Waals surface area contributed by atoms with Crippen molar-refractivity contribution in [3.8, 4) is 12.3 Å². The molecule has 1 aromatic heterocycles. The normalized spacial score (nSPS) is 12.1. The van der Waals surface area contributed by atoms with Crippen LogP contribution in [0.4, 0.5) is 0 Å². The number of aryl methyl sites for hydroxylation is 1. The summed E-state index contributed by atoms with van der Waals surface area (Å²) in [5.74, 6) is 2.08. The van der Waals surface area contributed by atoms with E-state index in [2.05, 4.69) is 10.3 Å². The van der Waals surface area contributed by atoms with Gasteiger partial charge < -0.3 is 9.30 Å². The van der Waals surface area contributed by atoms with E-state index in [4.69, 9.17) is 11.2 Å². The highest BCUT2D eigenvalue weighted by Crippen LogP contribution is 2.21. The summed E-state index contributed by atoms with van der Waals surface area (Å²) in [5.41, 5.74) is 2.04. The number of sulfonamides is 1. The van der Waals surface area contributed by atoms with E-state index in [0.717, 1.165) is 16.9 Å². The van der Waals surface area contributed by atoms with Crippen molar-refractivity contribution < 1.29 is 17.9 Å². The van der Waals surface area contributed by atoms with Crippen molar-refractivity contribution in [1.29, 1.82) is 0 Å². The van der Waals surface area contributed by atoms with Crippen molar-refractivity contribution in [3.63, 3.8) is 0 Å². The van der Waals surface area contributed by atoms with Crippen molar-refractivity contribution in [2.75, 3.05) is 6.61 Å². The number of hydrogen-bond donors (Lipinski definition) is 0. The molecule has 8 heteroatoms. The van der Waals surface area contributed by atoms with Crippen LogP contribution in [0.1, 0.15) is 22.8 Å². The van der Waals surface area contributed by atoms with Gasteiger partial charge in [-0.05, 0) is 44.2 Å². The molecule has 0 saturated heterocycles. The maximum atomic E-state index is 12.7. The predicted molar refractivity (Wildman–Crippen MR) is 109 cm³/mol. The van der Waals surface area contributed by atoms with Gasteiger partial charge in [0.2, 0.25) is 4.80 Å². The lowest BCUT2D eigenvalue weighted by molar-refractivity contribution is 0.0526. The summed E-state index contributed by atoms with van der Waals surface area (Å²) in [5, 5.41) is 0. The van der Waals surface area contributed by atoms with Gasteiger partial charge in [0.25, 0.3) is 10.0 Å². The van der Waals surface area contributed by atoms with E-state index in [-0.39, 0.29) is 22.8 Å². The molecule has 0 spiro atoms. The molecule has 3 rings (SSSR count). The fourth-order valence-electron chi connectivity index (χ4n) is 2.59. The molecule has 0 aliphatic rings. The lowest BCUT2D eigenvalue weighted by Crippen LogP contribution is -2.16. The van der Waals surface area contributed by atoms with Crippen LogP contribution >= 0.6 is 11.3 Å². The summed E-state index contributed by atoms with van der Waals surface area (Å²) in [7, 11) is -3.90. The minimum absolute atomic E-state index is 0.107. The van der Waals surface area contributed by atoms with Crippen LogP contribution in [0.5, 0.6) is 0 Å². The molecule has 0 bridgehead atoms. The van der Waals surface area contributed by atoms with E-state index in [9.17, 15) is 13.2 Å². The van der Waals surface area contributed by atoms with Crippen LogP contribution in [-0.2, 0) is 21.3 Å². The zero-order chi connectivity index (χ0) is 20.3. The number of esters is 1. The first-order valence-electron chi connectivity index (χ1n) is 8.47. The number of ether oxygens (including phenoxy) is 1. The zero-order valence-electron chi connectivity index (χ0n) is 15.4. The zero-order valence-corrected chi connectivity index (χ0v) is 17.0. The number of carbonyl (C=O) groups is 1. The quantitative estimate of drug-likeness (QED) is 0.475. The molecule has 0 radical (unpaired) electrons. The summed E-state index contributed by atoms with van der Waals surface area (Å²) < 4.78 is 36.8. The van der Waals surface area contributed by atoms with Crippen molar-refractivity contribution >= 4 is 37.5 Å². The van der Waals surface area contributed by atoms with Gasteiger partial charge in [-0.25, -0.2) is 4.79 Å². The molecule has 1 heterocycles. The van der Waals surface area contributed by atoms with Crippen LogP contribution < -0.4 is 4.80 Å². The van der Waals surface area contributed by atoms with Crippen molar-refractivity contribution in [2.24, 2.45) is 4.40 Å². The van der Waals surface area contributed by atoms with E-state index in [1.807, 2.05) is 6.92 Å². The van der Waals surface area contributed by atoms with Gasteiger partial charge >= 0.3 is 5.97 Å². The van der Waals surface area contributed by atoms with Crippen LogP contribution in [0, 0.1) is 19.3 Å². The maximum Gasteiger partial charge on any atom is 0.338 e. The smallest absolute Gasteiger partial charge is 0.338 e. The monoisotopic (exact) mass is 414 g/mol. The molecule has 0 saturated carbocycles.